The van der Waals surface area contributed by atoms with Gasteiger partial charge in [0.05, 0.1) is 12.7 Å². The molecule has 2 aromatic rings. The minimum atomic E-state index is -0.669. The van der Waals surface area contributed by atoms with Gasteiger partial charge in [-0.2, -0.15) is 0 Å². The van der Waals surface area contributed by atoms with Crippen LogP contribution in [0.1, 0.15) is 15.9 Å². The molecule has 0 fully saturated rings. The molecule has 20 heavy (non-hydrogen) atoms. The minimum Gasteiger partial charge on any atom is -0.494 e. The van der Waals surface area contributed by atoms with E-state index in [0.717, 1.165) is 0 Å². The molecule has 0 radical (unpaired) electrons. The molecule has 0 saturated carbocycles. The third-order valence-electron chi connectivity index (χ3n) is 2.76. The van der Waals surface area contributed by atoms with E-state index >= 15 is 0 Å². The van der Waals surface area contributed by atoms with E-state index in [4.69, 9.17) is 9.47 Å². The van der Waals surface area contributed by atoms with Crippen molar-refractivity contribution < 1.29 is 23.0 Å². The number of aldehydes is 1. The van der Waals surface area contributed by atoms with Gasteiger partial charge in [-0.15, -0.1) is 0 Å². The standard InChI is InChI=1S/C15H12F2O3/c1-19-13-7-3-5-11(14(13)17)9-20-15-10(8-18)4-2-6-12(15)16/h2-8H,9H2,1H3. The van der Waals surface area contributed by atoms with Crippen molar-refractivity contribution in [1.29, 1.82) is 0 Å². The highest BCUT2D eigenvalue weighted by molar-refractivity contribution is 5.79. The first kappa shape index (κ1) is 14.0. The van der Waals surface area contributed by atoms with Crippen molar-refractivity contribution in [3.05, 3.63) is 59.2 Å². The average molecular weight is 278 g/mol. The Hall–Kier alpha value is -2.43. The molecule has 0 aliphatic carbocycles. The normalized spacial score (nSPS) is 10.2. The first-order chi connectivity index (χ1) is 9.67. The van der Waals surface area contributed by atoms with Crippen LogP contribution in [0.15, 0.2) is 36.4 Å². The zero-order valence-corrected chi connectivity index (χ0v) is 10.7. The number of hydrogen-bond donors (Lipinski definition) is 0. The lowest BCUT2D eigenvalue weighted by Crippen LogP contribution is -2.03. The summed E-state index contributed by atoms with van der Waals surface area (Å²) in [5.74, 6) is -1.35. The zero-order valence-electron chi connectivity index (χ0n) is 10.7. The number of ether oxygens (including phenoxy) is 2. The fourth-order valence-electron chi connectivity index (χ4n) is 1.75. The molecule has 2 aromatic carbocycles. The van der Waals surface area contributed by atoms with Crippen molar-refractivity contribution in [2.75, 3.05) is 7.11 Å². The lowest BCUT2D eigenvalue weighted by atomic mass is 10.2. The molecule has 3 nitrogen and oxygen atoms in total. The lowest BCUT2D eigenvalue weighted by molar-refractivity contribution is 0.111. The molecule has 0 saturated heterocycles. The first-order valence-corrected chi connectivity index (χ1v) is 5.85. The highest BCUT2D eigenvalue weighted by Gasteiger charge is 2.12. The van der Waals surface area contributed by atoms with Crippen molar-refractivity contribution in [2.24, 2.45) is 0 Å². The molecule has 2 rings (SSSR count). The Kier molecular flexibility index (Phi) is 4.30. The molecular formula is C15H12F2O3. The fourth-order valence-corrected chi connectivity index (χ4v) is 1.75. The summed E-state index contributed by atoms with van der Waals surface area (Å²) in [4.78, 5) is 10.8. The average Bonchev–Trinajstić information content (AvgIpc) is 2.47. The molecule has 0 aromatic heterocycles. The Balaban J connectivity index is 2.23. The van der Waals surface area contributed by atoms with Gasteiger partial charge in [0, 0.05) is 5.56 Å². The van der Waals surface area contributed by atoms with Gasteiger partial charge in [-0.1, -0.05) is 18.2 Å². The highest BCUT2D eigenvalue weighted by Crippen LogP contribution is 2.25. The molecule has 0 spiro atoms. The molecule has 0 atom stereocenters. The Morgan fingerprint density at radius 2 is 1.90 bits per heavy atom. The van der Waals surface area contributed by atoms with Gasteiger partial charge in [0.25, 0.3) is 0 Å². The maximum absolute atomic E-state index is 13.9. The lowest BCUT2D eigenvalue weighted by Gasteiger charge is -2.11. The van der Waals surface area contributed by atoms with E-state index in [1.165, 1.54) is 37.4 Å². The van der Waals surface area contributed by atoms with Crippen LogP contribution >= 0.6 is 0 Å². The van der Waals surface area contributed by atoms with Crippen molar-refractivity contribution in [1.82, 2.24) is 0 Å². The molecule has 0 unspecified atom stereocenters. The van der Waals surface area contributed by atoms with Crippen LogP contribution in [0.5, 0.6) is 11.5 Å². The van der Waals surface area contributed by atoms with Crippen molar-refractivity contribution in [3.8, 4) is 11.5 Å². The van der Waals surface area contributed by atoms with Gasteiger partial charge in [-0.3, -0.25) is 4.79 Å². The monoisotopic (exact) mass is 278 g/mol. The van der Waals surface area contributed by atoms with Gasteiger partial charge < -0.3 is 9.47 Å². The maximum atomic E-state index is 13.9. The molecule has 5 heteroatoms. The third-order valence-corrected chi connectivity index (χ3v) is 2.76. The van der Waals surface area contributed by atoms with Crippen LogP contribution in [-0.2, 0) is 6.61 Å². The largest absolute Gasteiger partial charge is 0.494 e. The summed E-state index contributed by atoms with van der Waals surface area (Å²) in [7, 11) is 1.35. The number of benzene rings is 2. The third kappa shape index (κ3) is 2.77. The van der Waals surface area contributed by atoms with Gasteiger partial charge in [0.1, 0.15) is 6.61 Å². The number of carbonyl (C=O) groups excluding carboxylic acids is 1. The SMILES string of the molecule is COc1cccc(COc2c(F)cccc2C=O)c1F. The molecule has 0 amide bonds. The Morgan fingerprint density at radius 3 is 2.60 bits per heavy atom. The van der Waals surface area contributed by atoms with Crippen LogP contribution in [-0.4, -0.2) is 13.4 Å². The van der Waals surface area contributed by atoms with E-state index in [1.54, 1.807) is 6.07 Å². The van der Waals surface area contributed by atoms with Crippen molar-refractivity contribution >= 4 is 6.29 Å². The first-order valence-electron chi connectivity index (χ1n) is 5.85. The van der Waals surface area contributed by atoms with Crippen molar-refractivity contribution in [3.63, 3.8) is 0 Å². The van der Waals surface area contributed by atoms with Crippen LogP contribution in [0, 0.1) is 11.6 Å². The van der Waals surface area contributed by atoms with E-state index < -0.39 is 11.6 Å². The van der Waals surface area contributed by atoms with E-state index in [-0.39, 0.29) is 29.2 Å². The maximum Gasteiger partial charge on any atom is 0.171 e. The van der Waals surface area contributed by atoms with Gasteiger partial charge in [-0.25, -0.2) is 8.78 Å². The Bertz CT molecular complexity index is 627. The molecule has 0 aliphatic rings. The number of methoxy groups -OCH3 is 1. The summed E-state index contributed by atoms with van der Waals surface area (Å²) >= 11 is 0. The van der Waals surface area contributed by atoms with E-state index in [1.807, 2.05) is 0 Å². The molecular weight excluding hydrogens is 266 g/mol. The Labute approximate surface area is 114 Å². The number of hydrogen-bond acceptors (Lipinski definition) is 3. The molecule has 104 valence electrons. The number of para-hydroxylation sites is 1. The van der Waals surface area contributed by atoms with Crippen LogP contribution in [0.2, 0.25) is 0 Å². The summed E-state index contributed by atoms with van der Waals surface area (Å²) in [6.07, 6.45) is 0.486. The zero-order chi connectivity index (χ0) is 14.5. The van der Waals surface area contributed by atoms with Gasteiger partial charge in [0.2, 0.25) is 0 Å². The number of carbonyl (C=O) groups is 1. The molecule has 0 heterocycles. The number of halogens is 2. The van der Waals surface area contributed by atoms with Crippen LogP contribution in [0.25, 0.3) is 0 Å². The Morgan fingerprint density at radius 1 is 1.15 bits per heavy atom. The summed E-state index contributed by atoms with van der Waals surface area (Å²) in [5.41, 5.74) is 0.290. The predicted octanol–water partition coefficient (Wildman–Crippen LogP) is 3.36. The minimum absolute atomic E-state index is 0.0771. The second kappa shape index (κ2) is 6.14. The topological polar surface area (TPSA) is 35.5 Å². The molecule has 0 bridgehead atoms. The van der Waals surface area contributed by atoms with Crippen LogP contribution < -0.4 is 9.47 Å². The fraction of sp³-hybridized carbons (Fsp3) is 0.133. The van der Waals surface area contributed by atoms with Crippen LogP contribution in [0.3, 0.4) is 0 Å². The van der Waals surface area contributed by atoms with E-state index in [0.29, 0.717) is 6.29 Å². The molecule has 0 aliphatic heterocycles. The summed E-state index contributed by atoms with van der Waals surface area (Å²) < 4.78 is 37.5. The highest BCUT2D eigenvalue weighted by atomic mass is 19.1. The second-order valence-electron chi connectivity index (χ2n) is 4.00. The quantitative estimate of drug-likeness (QED) is 0.787. The van der Waals surface area contributed by atoms with E-state index in [2.05, 4.69) is 0 Å². The second-order valence-corrected chi connectivity index (χ2v) is 4.00. The van der Waals surface area contributed by atoms with E-state index in [9.17, 15) is 13.6 Å². The van der Waals surface area contributed by atoms with Gasteiger partial charge in [-0.05, 0) is 18.2 Å². The predicted molar refractivity (Wildman–Crippen MR) is 69.1 cm³/mol. The number of rotatable bonds is 5. The molecule has 0 N–H and O–H groups in total. The smallest absolute Gasteiger partial charge is 0.171 e. The summed E-state index contributed by atoms with van der Waals surface area (Å²) in [5, 5.41) is 0. The van der Waals surface area contributed by atoms with Gasteiger partial charge >= 0.3 is 0 Å². The van der Waals surface area contributed by atoms with Crippen molar-refractivity contribution in [2.45, 2.75) is 6.61 Å². The summed E-state index contributed by atoms with van der Waals surface area (Å²) in [6, 6.07) is 8.57. The van der Waals surface area contributed by atoms with Crippen LogP contribution in [0.4, 0.5) is 8.78 Å². The van der Waals surface area contributed by atoms with Gasteiger partial charge in [0.15, 0.2) is 29.4 Å². The summed E-state index contributed by atoms with van der Waals surface area (Å²) in [6.45, 7) is -0.204.